The summed E-state index contributed by atoms with van der Waals surface area (Å²) in [7, 11) is 0. The van der Waals surface area contributed by atoms with Crippen LogP contribution in [-0.2, 0) is 6.42 Å². The Bertz CT molecular complexity index is 231. The summed E-state index contributed by atoms with van der Waals surface area (Å²) >= 11 is 0. The van der Waals surface area contributed by atoms with Crippen LogP contribution in [0.1, 0.15) is 31.1 Å². The van der Waals surface area contributed by atoms with E-state index in [-0.39, 0.29) is 6.04 Å². The maximum atomic E-state index is 5.71. The number of aromatic nitrogens is 1. The number of aryl methyl sites for hydroxylation is 1. The summed E-state index contributed by atoms with van der Waals surface area (Å²) in [4.78, 5) is 4.18. The number of rotatable bonds is 2. The van der Waals surface area contributed by atoms with Gasteiger partial charge in [0.1, 0.15) is 0 Å². The second-order valence-corrected chi connectivity index (χ2v) is 2.72. The molecular formula is C9H14N2. The lowest BCUT2D eigenvalue weighted by atomic mass is 10.1. The maximum absolute atomic E-state index is 5.71. The van der Waals surface area contributed by atoms with Crippen LogP contribution in [0.2, 0.25) is 0 Å². The average Bonchev–Trinajstić information content (AvgIpc) is 2.05. The zero-order valence-corrected chi connectivity index (χ0v) is 7.04. The van der Waals surface area contributed by atoms with Gasteiger partial charge >= 0.3 is 0 Å². The third kappa shape index (κ3) is 2.02. The molecular weight excluding hydrogens is 136 g/mol. The van der Waals surface area contributed by atoms with Crippen molar-refractivity contribution < 1.29 is 0 Å². The maximum Gasteiger partial charge on any atom is 0.0404 e. The van der Waals surface area contributed by atoms with Crippen molar-refractivity contribution in [3.8, 4) is 0 Å². The highest BCUT2D eigenvalue weighted by atomic mass is 14.7. The Labute approximate surface area is 67.5 Å². The Morgan fingerprint density at radius 1 is 1.64 bits per heavy atom. The highest BCUT2D eigenvalue weighted by molar-refractivity contribution is 5.18. The third-order valence-electron chi connectivity index (χ3n) is 1.73. The quantitative estimate of drug-likeness (QED) is 0.696. The number of pyridine rings is 1. The van der Waals surface area contributed by atoms with E-state index in [1.165, 1.54) is 0 Å². The number of nitrogens with zero attached hydrogens (tertiary/aromatic N) is 1. The molecule has 0 aromatic carbocycles. The first-order chi connectivity index (χ1) is 5.24. The van der Waals surface area contributed by atoms with E-state index in [4.69, 9.17) is 5.73 Å². The molecule has 60 valence electrons. The Hall–Kier alpha value is -0.890. The minimum atomic E-state index is 0.114. The number of hydrogen-bond acceptors (Lipinski definition) is 2. The fourth-order valence-corrected chi connectivity index (χ4v) is 0.973. The predicted octanol–water partition coefficient (Wildman–Crippen LogP) is 1.66. The lowest BCUT2D eigenvalue weighted by Crippen LogP contribution is -2.05. The van der Waals surface area contributed by atoms with E-state index in [1.54, 1.807) is 0 Å². The molecule has 0 saturated heterocycles. The molecule has 2 N–H and O–H groups in total. The summed E-state index contributed by atoms with van der Waals surface area (Å²) in [5, 5.41) is 0. The smallest absolute Gasteiger partial charge is 0.0404 e. The van der Waals surface area contributed by atoms with Gasteiger partial charge < -0.3 is 5.73 Å². The van der Waals surface area contributed by atoms with Crippen LogP contribution >= 0.6 is 0 Å². The van der Waals surface area contributed by atoms with Crippen molar-refractivity contribution in [3.63, 3.8) is 0 Å². The molecule has 1 unspecified atom stereocenters. The molecule has 0 aliphatic carbocycles. The van der Waals surface area contributed by atoms with Crippen LogP contribution in [0.5, 0.6) is 0 Å². The van der Waals surface area contributed by atoms with Gasteiger partial charge in [-0.05, 0) is 31.0 Å². The summed E-state index contributed by atoms with van der Waals surface area (Å²) in [6.45, 7) is 4.07. The largest absolute Gasteiger partial charge is 0.324 e. The Kier molecular flexibility index (Phi) is 2.60. The lowest BCUT2D eigenvalue weighted by molar-refractivity contribution is 0.809. The monoisotopic (exact) mass is 150 g/mol. The van der Waals surface area contributed by atoms with Gasteiger partial charge in [0.05, 0.1) is 0 Å². The molecule has 0 bridgehead atoms. The Balaban J connectivity index is 2.91. The van der Waals surface area contributed by atoms with E-state index >= 15 is 0 Å². The second kappa shape index (κ2) is 3.49. The predicted molar refractivity (Wildman–Crippen MR) is 46.2 cm³/mol. The van der Waals surface area contributed by atoms with Gasteiger partial charge in [-0.2, -0.15) is 0 Å². The van der Waals surface area contributed by atoms with Crippen molar-refractivity contribution in [1.82, 2.24) is 4.98 Å². The molecule has 2 heteroatoms. The van der Waals surface area contributed by atoms with E-state index in [0.29, 0.717) is 0 Å². The molecule has 0 amide bonds. The SMILES string of the molecule is CCc1cc(C(C)N)ccn1. The van der Waals surface area contributed by atoms with Crippen LogP contribution in [0.25, 0.3) is 0 Å². The van der Waals surface area contributed by atoms with Crippen LogP contribution in [0, 0.1) is 0 Å². The molecule has 1 rings (SSSR count). The van der Waals surface area contributed by atoms with Gasteiger partial charge in [0.25, 0.3) is 0 Å². The molecule has 1 aromatic heterocycles. The van der Waals surface area contributed by atoms with Crippen molar-refractivity contribution in [2.75, 3.05) is 0 Å². The molecule has 2 nitrogen and oxygen atoms in total. The summed E-state index contributed by atoms with van der Waals surface area (Å²) in [5.41, 5.74) is 7.98. The van der Waals surface area contributed by atoms with Gasteiger partial charge in [-0.3, -0.25) is 4.98 Å². The van der Waals surface area contributed by atoms with Crippen molar-refractivity contribution in [1.29, 1.82) is 0 Å². The molecule has 0 fully saturated rings. The normalized spacial score (nSPS) is 13.0. The van der Waals surface area contributed by atoms with Crippen molar-refractivity contribution >= 4 is 0 Å². The van der Waals surface area contributed by atoms with Crippen LogP contribution in [0.3, 0.4) is 0 Å². The first kappa shape index (κ1) is 8.21. The summed E-state index contributed by atoms with van der Waals surface area (Å²) < 4.78 is 0. The van der Waals surface area contributed by atoms with E-state index in [0.717, 1.165) is 17.7 Å². The fourth-order valence-electron chi connectivity index (χ4n) is 0.973. The van der Waals surface area contributed by atoms with Gasteiger partial charge in [-0.25, -0.2) is 0 Å². The first-order valence-corrected chi connectivity index (χ1v) is 3.94. The second-order valence-electron chi connectivity index (χ2n) is 2.72. The summed E-state index contributed by atoms with van der Waals surface area (Å²) in [6.07, 6.45) is 2.79. The fraction of sp³-hybridized carbons (Fsp3) is 0.444. The molecule has 0 aliphatic rings. The Morgan fingerprint density at radius 2 is 2.36 bits per heavy atom. The van der Waals surface area contributed by atoms with E-state index < -0.39 is 0 Å². The number of hydrogen-bond donors (Lipinski definition) is 1. The Morgan fingerprint density at radius 3 is 2.91 bits per heavy atom. The number of nitrogens with two attached hydrogens (primary N) is 1. The standard InChI is InChI=1S/C9H14N2/c1-3-9-6-8(7(2)10)4-5-11-9/h4-7H,3,10H2,1-2H3. The van der Waals surface area contributed by atoms with E-state index in [9.17, 15) is 0 Å². The topological polar surface area (TPSA) is 38.9 Å². The lowest BCUT2D eigenvalue weighted by Gasteiger charge is -2.05. The summed E-state index contributed by atoms with van der Waals surface area (Å²) in [6, 6.07) is 4.14. The first-order valence-electron chi connectivity index (χ1n) is 3.94. The highest BCUT2D eigenvalue weighted by Gasteiger charge is 1.98. The minimum absolute atomic E-state index is 0.114. The average molecular weight is 150 g/mol. The molecule has 11 heavy (non-hydrogen) atoms. The van der Waals surface area contributed by atoms with Crippen LogP contribution in [0.4, 0.5) is 0 Å². The zero-order chi connectivity index (χ0) is 8.27. The van der Waals surface area contributed by atoms with Gasteiger partial charge in [0.15, 0.2) is 0 Å². The van der Waals surface area contributed by atoms with Crippen molar-refractivity contribution in [2.24, 2.45) is 5.73 Å². The van der Waals surface area contributed by atoms with Crippen LogP contribution < -0.4 is 5.73 Å². The van der Waals surface area contributed by atoms with Gasteiger partial charge in [-0.1, -0.05) is 6.92 Å². The molecule has 1 aromatic rings. The van der Waals surface area contributed by atoms with Crippen LogP contribution in [-0.4, -0.2) is 4.98 Å². The molecule has 0 aliphatic heterocycles. The molecule has 0 radical (unpaired) electrons. The third-order valence-corrected chi connectivity index (χ3v) is 1.73. The molecule has 0 spiro atoms. The zero-order valence-electron chi connectivity index (χ0n) is 7.04. The molecule has 1 atom stereocenters. The molecule has 1 heterocycles. The molecule has 0 saturated carbocycles. The summed E-state index contributed by atoms with van der Waals surface area (Å²) in [5.74, 6) is 0. The minimum Gasteiger partial charge on any atom is -0.324 e. The van der Waals surface area contributed by atoms with Gasteiger partial charge in [0.2, 0.25) is 0 Å². The van der Waals surface area contributed by atoms with E-state index in [1.807, 2.05) is 19.2 Å². The van der Waals surface area contributed by atoms with Crippen molar-refractivity contribution in [2.45, 2.75) is 26.3 Å². The van der Waals surface area contributed by atoms with Crippen molar-refractivity contribution in [3.05, 3.63) is 29.6 Å². The van der Waals surface area contributed by atoms with Gasteiger partial charge in [-0.15, -0.1) is 0 Å². The van der Waals surface area contributed by atoms with Gasteiger partial charge in [0, 0.05) is 17.9 Å². The highest BCUT2D eigenvalue weighted by Crippen LogP contribution is 2.09. The van der Waals surface area contributed by atoms with Crippen LogP contribution in [0.15, 0.2) is 18.3 Å². The van der Waals surface area contributed by atoms with E-state index in [2.05, 4.69) is 18.0 Å².